The van der Waals surface area contributed by atoms with Gasteiger partial charge in [0.25, 0.3) is 0 Å². The molecule has 3 heterocycles. The van der Waals surface area contributed by atoms with Gasteiger partial charge in [-0.2, -0.15) is 5.10 Å². The number of para-hydroxylation sites is 1. The molecule has 0 unspecified atom stereocenters. The SMILES string of the molecule is Nc1ncnn2c(CCc3cn(-c4ccccc4F)nn3)cc(Br)c12. The lowest BCUT2D eigenvalue weighted by Gasteiger charge is -2.01. The molecule has 9 heteroatoms. The molecule has 1 aromatic carbocycles. The first kappa shape index (κ1) is 15.7. The number of aryl methyl sites for hydroxylation is 2. The van der Waals surface area contributed by atoms with Gasteiger partial charge in [-0.15, -0.1) is 5.10 Å². The van der Waals surface area contributed by atoms with Crippen LogP contribution in [0.1, 0.15) is 11.4 Å². The maximum Gasteiger partial charge on any atom is 0.152 e. The quantitative estimate of drug-likeness (QED) is 0.567. The Balaban J connectivity index is 1.57. The summed E-state index contributed by atoms with van der Waals surface area (Å²) in [7, 11) is 0. The monoisotopic (exact) mass is 401 g/mol. The Labute approximate surface area is 150 Å². The molecule has 0 bridgehead atoms. The van der Waals surface area contributed by atoms with Crippen molar-refractivity contribution in [3.8, 4) is 5.69 Å². The van der Waals surface area contributed by atoms with Crippen LogP contribution in [0.3, 0.4) is 0 Å². The summed E-state index contributed by atoms with van der Waals surface area (Å²) < 4.78 is 17.9. The van der Waals surface area contributed by atoms with E-state index < -0.39 is 0 Å². The average molecular weight is 402 g/mol. The molecule has 0 radical (unpaired) electrons. The normalized spacial score (nSPS) is 11.3. The van der Waals surface area contributed by atoms with Crippen molar-refractivity contribution in [3.05, 3.63) is 64.5 Å². The van der Waals surface area contributed by atoms with Crippen molar-refractivity contribution in [2.24, 2.45) is 0 Å². The van der Waals surface area contributed by atoms with Crippen LogP contribution in [0.5, 0.6) is 0 Å². The van der Waals surface area contributed by atoms with Crippen molar-refractivity contribution in [2.45, 2.75) is 12.8 Å². The molecule has 126 valence electrons. The number of aromatic nitrogens is 6. The number of halogens is 2. The molecule has 0 atom stereocenters. The van der Waals surface area contributed by atoms with E-state index in [1.165, 1.54) is 17.1 Å². The highest BCUT2D eigenvalue weighted by Gasteiger charge is 2.13. The molecular weight excluding hydrogens is 389 g/mol. The van der Waals surface area contributed by atoms with Gasteiger partial charge in [-0.05, 0) is 47.0 Å². The van der Waals surface area contributed by atoms with Crippen molar-refractivity contribution < 1.29 is 4.39 Å². The van der Waals surface area contributed by atoms with E-state index in [1.54, 1.807) is 28.9 Å². The summed E-state index contributed by atoms with van der Waals surface area (Å²) >= 11 is 3.48. The number of anilines is 1. The van der Waals surface area contributed by atoms with Crippen LogP contribution in [-0.2, 0) is 12.8 Å². The third kappa shape index (κ3) is 2.86. The van der Waals surface area contributed by atoms with E-state index in [0.29, 0.717) is 24.3 Å². The van der Waals surface area contributed by atoms with Crippen LogP contribution in [0.15, 0.2) is 47.3 Å². The minimum atomic E-state index is -0.340. The van der Waals surface area contributed by atoms with Crippen molar-refractivity contribution in [3.63, 3.8) is 0 Å². The van der Waals surface area contributed by atoms with Gasteiger partial charge in [-0.3, -0.25) is 0 Å². The second-order valence-electron chi connectivity index (χ2n) is 5.50. The van der Waals surface area contributed by atoms with E-state index in [0.717, 1.165) is 21.4 Å². The Kier molecular flexibility index (Phi) is 3.92. The summed E-state index contributed by atoms with van der Waals surface area (Å²) in [5, 5.41) is 12.4. The van der Waals surface area contributed by atoms with Gasteiger partial charge in [-0.1, -0.05) is 17.3 Å². The first-order valence-corrected chi connectivity index (χ1v) is 8.35. The van der Waals surface area contributed by atoms with Gasteiger partial charge in [0.1, 0.15) is 23.3 Å². The zero-order valence-corrected chi connectivity index (χ0v) is 14.6. The number of nitrogens with zero attached hydrogens (tertiary/aromatic N) is 6. The number of nitrogen functional groups attached to an aromatic ring is 1. The van der Waals surface area contributed by atoms with Gasteiger partial charge in [0, 0.05) is 10.2 Å². The molecule has 0 spiro atoms. The fourth-order valence-electron chi connectivity index (χ4n) is 2.69. The van der Waals surface area contributed by atoms with E-state index in [2.05, 4.69) is 36.3 Å². The number of hydrogen-bond donors (Lipinski definition) is 1. The predicted molar refractivity (Wildman–Crippen MR) is 93.8 cm³/mol. The number of fused-ring (bicyclic) bond motifs is 1. The van der Waals surface area contributed by atoms with E-state index in [9.17, 15) is 4.39 Å². The minimum absolute atomic E-state index is 0.340. The summed E-state index contributed by atoms with van der Waals surface area (Å²) in [4.78, 5) is 4.00. The third-order valence-electron chi connectivity index (χ3n) is 3.89. The average Bonchev–Trinajstić information content (AvgIpc) is 3.19. The Bertz CT molecular complexity index is 1060. The fraction of sp³-hybridized carbons (Fsp3) is 0.125. The molecule has 4 rings (SSSR count). The summed E-state index contributed by atoms with van der Waals surface area (Å²) in [6.07, 6.45) is 4.47. The molecule has 0 aliphatic heterocycles. The Hall–Kier alpha value is -2.81. The van der Waals surface area contributed by atoms with Gasteiger partial charge < -0.3 is 5.73 Å². The maximum absolute atomic E-state index is 13.8. The summed E-state index contributed by atoms with van der Waals surface area (Å²) in [6, 6.07) is 8.41. The van der Waals surface area contributed by atoms with Gasteiger partial charge in [0.2, 0.25) is 0 Å². The Morgan fingerprint density at radius 2 is 2.04 bits per heavy atom. The van der Waals surface area contributed by atoms with Crippen LogP contribution in [-0.4, -0.2) is 29.6 Å². The van der Waals surface area contributed by atoms with Crippen LogP contribution >= 0.6 is 15.9 Å². The number of benzene rings is 1. The summed E-state index contributed by atoms with van der Waals surface area (Å²) in [5.41, 5.74) is 8.74. The molecule has 25 heavy (non-hydrogen) atoms. The molecule has 2 N–H and O–H groups in total. The second-order valence-corrected chi connectivity index (χ2v) is 6.35. The minimum Gasteiger partial charge on any atom is -0.382 e. The van der Waals surface area contributed by atoms with Crippen LogP contribution < -0.4 is 5.73 Å². The van der Waals surface area contributed by atoms with Crippen molar-refractivity contribution in [1.29, 1.82) is 0 Å². The van der Waals surface area contributed by atoms with Gasteiger partial charge >= 0.3 is 0 Å². The lowest BCUT2D eigenvalue weighted by molar-refractivity contribution is 0.607. The zero-order chi connectivity index (χ0) is 17.4. The van der Waals surface area contributed by atoms with Crippen molar-refractivity contribution >= 4 is 27.3 Å². The third-order valence-corrected chi connectivity index (χ3v) is 4.49. The molecule has 7 nitrogen and oxygen atoms in total. The van der Waals surface area contributed by atoms with Gasteiger partial charge in [-0.25, -0.2) is 18.6 Å². The molecule has 0 amide bonds. The van der Waals surface area contributed by atoms with Crippen LogP contribution in [0, 0.1) is 5.82 Å². The van der Waals surface area contributed by atoms with Gasteiger partial charge in [0.05, 0.1) is 11.9 Å². The summed E-state index contributed by atoms with van der Waals surface area (Å²) in [6.45, 7) is 0. The molecule has 3 aromatic heterocycles. The lowest BCUT2D eigenvalue weighted by atomic mass is 10.2. The van der Waals surface area contributed by atoms with E-state index in [4.69, 9.17) is 5.73 Å². The first-order valence-electron chi connectivity index (χ1n) is 7.56. The van der Waals surface area contributed by atoms with Crippen molar-refractivity contribution in [1.82, 2.24) is 29.6 Å². The fourth-order valence-corrected chi connectivity index (χ4v) is 3.32. The zero-order valence-electron chi connectivity index (χ0n) is 13.0. The predicted octanol–water partition coefficient (Wildman–Crippen LogP) is 2.58. The molecule has 0 fully saturated rings. The highest BCUT2D eigenvalue weighted by molar-refractivity contribution is 9.10. The molecule has 4 aromatic rings. The van der Waals surface area contributed by atoms with E-state index >= 15 is 0 Å². The van der Waals surface area contributed by atoms with Gasteiger partial charge in [0.15, 0.2) is 5.82 Å². The van der Waals surface area contributed by atoms with Crippen LogP contribution in [0.4, 0.5) is 10.2 Å². The number of hydrogen-bond acceptors (Lipinski definition) is 5. The molecular formula is C16H13BrFN7. The number of rotatable bonds is 4. The Morgan fingerprint density at radius 1 is 1.20 bits per heavy atom. The maximum atomic E-state index is 13.8. The Morgan fingerprint density at radius 3 is 2.88 bits per heavy atom. The molecule has 0 aliphatic carbocycles. The molecule has 0 saturated carbocycles. The number of nitrogens with two attached hydrogens (primary N) is 1. The van der Waals surface area contributed by atoms with Crippen molar-refractivity contribution in [2.75, 3.05) is 5.73 Å². The highest BCUT2D eigenvalue weighted by atomic mass is 79.9. The standard InChI is InChI=1S/C16H13BrFN7/c17-12-7-11(25-15(12)16(19)20-9-21-25)6-5-10-8-24(23-22-10)14-4-2-1-3-13(14)18/h1-4,7-9H,5-6H2,(H2,19,20,21). The van der Waals surface area contributed by atoms with Crippen LogP contribution in [0.25, 0.3) is 11.2 Å². The lowest BCUT2D eigenvalue weighted by Crippen LogP contribution is -2.03. The van der Waals surface area contributed by atoms with E-state index in [-0.39, 0.29) is 5.82 Å². The smallest absolute Gasteiger partial charge is 0.152 e. The molecule has 0 saturated heterocycles. The first-order chi connectivity index (χ1) is 12.1. The van der Waals surface area contributed by atoms with E-state index in [1.807, 2.05) is 6.07 Å². The topological polar surface area (TPSA) is 86.9 Å². The summed E-state index contributed by atoms with van der Waals surface area (Å²) in [5.74, 6) is 0.0752. The molecule has 0 aliphatic rings. The largest absolute Gasteiger partial charge is 0.382 e. The second kappa shape index (κ2) is 6.25. The van der Waals surface area contributed by atoms with Crippen LogP contribution in [0.2, 0.25) is 0 Å². The highest BCUT2D eigenvalue weighted by Crippen LogP contribution is 2.25.